The van der Waals surface area contributed by atoms with Crippen LogP contribution in [0.2, 0.25) is 0 Å². The lowest BCUT2D eigenvalue weighted by Crippen LogP contribution is -2.37. The van der Waals surface area contributed by atoms with Crippen LogP contribution >= 0.6 is 0 Å². The first-order valence-corrected chi connectivity index (χ1v) is 8.03. The highest BCUT2D eigenvalue weighted by Gasteiger charge is 2.18. The number of aromatic nitrogens is 2. The molecule has 2 aromatic rings. The Hall–Kier alpha value is -2.97. The van der Waals surface area contributed by atoms with Crippen LogP contribution in [0.4, 0.5) is 0 Å². The Balaban J connectivity index is 1.83. The second-order valence-electron chi connectivity index (χ2n) is 5.75. The van der Waals surface area contributed by atoms with Crippen LogP contribution in [0.3, 0.4) is 0 Å². The minimum atomic E-state index is -0.573. The fourth-order valence-corrected chi connectivity index (χ4v) is 2.73. The number of nitrogens with one attached hydrogen (secondary N) is 1. The predicted octanol–water partition coefficient (Wildman–Crippen LogP) is 0.816. The number of aromatic amines is 1. The quantitative estimate of drug-likeness (QED) is 0.822. The molecule has 132 valence electrons. The van der Waals surface area contributed by atoms with Crippen molar-refractivity contribution >= 4 is 22.7 Å². The Labute approximate surface area is 142 Å². The van der Waals surface area contributed by atoms with Gasteiger partial charge in [0.1, 0.15) is 5.39 Å². The van der Waals surface area contributed by atoms with E-state index in [1.165, 1.54) is 13.0 Å². The molecule has 0 radical (unpaired) electrons. The van der Waals surface area contributed by atoms with Crippen LogP contribution in [0.5, 0.6) is 6.01 Å². The first-order chi connectivity index (χ1) is 12.0. The Morgan fingerprint density at radius 3 is 2.76 bits per heavy atom. The molecule has 1 fully saturated rings. The van der Waals surface area contributed by atoms with Crippen LogP contribution in [0.1, 0.15) is 32.3 Å². The number of oxime groups is 1. The molecule has 0 unspecified atom stereocenters. The molecule has 0 spiro atoms. The number of hydrogen-bond acceptors (Lipinski definition) is 7. The average Bonchev–Trinajstić information content (AvgIpc) is 2.59. The third kappa shape index (κ3) is 3.59. The summed E-state index contributed by atoms with van der Waals surface area (Å²) in [6, 6.07) is 1.14. The van der Waals surface area contributed by atoms with Gasteiger partial charge >= 0.3 is 11.6 Å². The van der Waals surface area contributed by atoms with Gasteiger partial charge in [0, 0.05) is 38.9 Å². The second kappa shape index (κ2) is 6.88. The third-order valence-corrected chi connectivity index (χ3v) is 4.10. The van der Waals surface area contributed by atoms with Crippen LogP contribution in [-0.2, 0) is 11.2 Å². The lowest BCUT2D eigenvalue weighted by molar-refractivity contribution is -0.128. The van der Waals surface area contributed by atoms with Crippen LogP contribution in [0, 0.1) is 0 Å². The SMILES string of the molecule is CCc1cc(=O)oc2nc(ON=C3CCN(C(C)=O)CC3)[nH]c(=O)c12. The molecule has 9 heteroatoms. The molecule has 3 heterocycles. The lowest BCUT2D eigenvalue weighted by atomic mass is 10.1. The molecule has 0 bridgehead atoms. The van der Waals surface area contributed by atoms with Crippen LogP contribution in [0.15, 0.2) is 25.2 Å². The van der Waals surface area contributed by atoms with E-state index < -0.39 is 11.2 Å². The molecule has 25 heavy (non-hydrogen) atoms. The van der Waals surface area contributed by atoms with Gasteiger partial charge in [-0.3, -0.25) is 14.6 Å². The summed E-state index contributed by atoms with van der Waals surface area (Å²) in [4.78, 5) is 48.5. The van der Waals surface area contributed by atoms with Gasteiger partial charge in [-0.2, -0.15) is 4.98 Å². The van der Waals surface area contributed by atoms with Gasteiger partial charge in [0.25, 0.3) is 5.56 Å². The number of carbonyl (C=O) groups excluding carboxylic acids is 1. The van der Waals surface area contributed by atoms with Crippen molar-refractivity contribution in [2.75, 3.05) is 13.1 Å². The number of piperidine rings is 1. The van der Waals surface area contributed by atoms with Gasteiger partial charge in [-0.25, -0.2) is 4.79 Å². The van der Waals surface area contributed by atoms with Crippen molar-refractivity contribution in [3.63, 3.8) is 0 Å². The molecule has 0 aliphatic carbocycles. The Bertz CT molecular complexity index is 949. The minimum Gasteiger partial charge on any atom is -0.403 e. The molecular formula is C16H18N4O5. The number of likely N-dealkylation sites (tertiary alicyclic amines) is 1. The molecule has 0 aromatic carbocycles. The summed E-state index contributed by atoms with van der Waals surface area (Å²) in [5, 5.41) is 4.22. The Kier molecular flexibility index (Phi) is 4.64. The summed E-state index contributed by atoms with van der Waals surface area (Å²) in [5.74, 6) is 0.0299. The zero-order valence-electron chi connectivity index (χ0n) is 14.0. The molecule has 2 aromatic heterocycles. The highest BCUT2D eigenvalue weighted by Crippen LogP contribution is 2.14. The zero-order valence-corrected chi connectivity index (χ0v) is 14.0. The summed E-state index contributed by atoms with van der Waals surface area (Å²) in [6.45, 7) is 4.51. The first kappa shape index (κ1) is 16.9. The standard InChI is InChI=1S/C16H18N4O5/c1-3-10-8-12(22)24-15-13(10)14(23)17-16(18-15)25-19-11-4-6-20(7-5-11)9(2)21/h8H,3-7H2,1-2H3,(H,17,18,23). The molecule has 0 atom stereocenters. The van der Waals surface area contributed by atoms with Gasteiger partial charge in [-0.05, 0) is 12.0 Å². The molecule has 1 aliphatic rings. The highest BCUT2D eigenvalue weighted by molar-refractivity contribution is 5.87. The number of H-pyrrole nitrogens is 1. The summed E-state index contributed by atoms with van der Waals surface area (Å²) in [7, 11) is 0. The monoisotopic (exact) mass is 346 g/mol. The van der Waals surface area contributed by atoms with E-state index in [9.17, 15) is 14.4 Å². The fraction of sp³-hybridized carbons (Fsp3) is 0.438. The summed E-state index contributed by atoms with van der Waals surface area (Å²) in [5.41, 5.74) is 0.233. The number of carbonyl (C=O) groups is 1. The molecule has 1 saturated heterocycles. The number of nitrogens with zero attached hydrogens (tertiary/aromatic N) is 3. The Morgan fingerprint density at radius 2 is 2.12 bits per heavy atom. The van der Waals surface area contributed by atoms with Crippen molar-refractivity contribution in [3.05, 3.63) is 32.4 Å². The average molecular weight is 346 g/mol. The van der Waals surface area contributed by atoms with E-state index in [1.807, 2.05) is 6.92 Å². The molecule has 1 aliphatic heterocycles. The van der Waals surface area contributed by atoms with E-state index in [-0.39, 0.29) is 23.0 Å². The summed E-state index contributed by atoms with van der Waals surface area (Å²) in [6.07, 6.45) is 1.68. The smallest absolute Gasteiger partial charge is 0.337 e. The lowest BCUT2D eigenvalue weighted by Gasteiger charge is -2.25. The van der Waals surface area contributed by atoms with Crippen LogP contribution in [0.25, 0.3) is 11.1 Å². The van der Waals surface area contributed by atoms with Crippen molar-refractivity contribution in [1.82, 2.24) is 14.9 Å². The van der Waals surface area contributed by atoms with Gasteiger partial charge in [0.05, 0.1) is 5.71 Å². The fourth-order valence-electron chi connectivity index (χ4n) is 2.73. The molecule has 1 amide bonds. The second-order valence-corrected chi connectivity index (χ2v) is 5.75. The normalized spacial score (nSPS) is 14.6. The number of fused-ring (bicyclic) bond motifs is 1. The predicted molar refractivity (Wildman–Crippen MR) is 89.8 cm³/mol. The van der Waals surface area contributed by atoms with Crippen molar-refractivity contribution in [1.29, 1.82) is 0 Å². The third-order valence-electron chi connectivity index (χ3n) is 4.10. The van der Waals surface area contributed by atoms with E-state index in [0.717, 1.165) is 5.71 Å². The topological polar surface area (TPSA) is 118 Å². The maximum absolute atomic E-state index is 12.2. The first-order valence-electron chi connectivity index (χ1n) is 8.03. The zero-order chi connectivity index (χ0) is 18.0. The van der Waals surface area contributed by atoms with E-state index in [0.29, 0.717) is 37.9 Å². The van der Waals surface area contributed by atoms with E-state index in [2.05, 4.69) is 15.1 Å². The highest BCUT2D eigenvalue weighted by atomic mass is 16.6. The largest absolute Gasteiger partial charge is 0.403 e. The summed E-state index contributed by atoms with van der Waals surface area (Å²) < 4.78 is 5.00. The van der Waals surface area contributed by atoms with Crippen molar-refractivity contribution in [3.8, 4) is 6.01 Å². The van der Waals surface area contributed by atoms with Gasteiger partial charge < -0.3 is 14.2 Å². The van der Waals surface area contributed by atoms with Gasteiger partial charge in [0.15, 0.2) is 0 Å². The van der Waals surface area contributed by atoms with E-state index in [1.54, 1.807) is 4.90 Å². The number of hydrogen-bond donors (Lipinski definition) is 1. The van der Waals surface area contributed by atoms with Crippen LogP contribution in [-0.4, -0.2) is 39.6 Å². The van der Waals surface area contributed by atoms with Crippen LogP contribution < -0.4 is 16.0 Å². The maximum Gasteiger partial charge on any atom is 0.337 e. The van der Waals surface area contributed by atoms with Gasteiger partial charge in [0.2, 0.25) is 11.6 Å². The molecule has 3 rings (SSSR count). The molecular weight excluding hydrogens is 328 g/mol. The van der Waals surface area contributed by atoms with Crippen molar-refractivity contribution < 1.29 is 14.0 Å². The Morgan fingerprint density at radius 1 is 1.40 bits per heavy atom. The minimum absolute atomic E-state index is 0.0299. The summed E-state index contributed by atoms with van der Waals surface area (Å²) >= 11 is 0. The van der Waals surface area contributed by atoms with Gasteiger partial charge in [-0.15, -0.1) is 0 Å². The molecule has 0 saturated carbocycles. The number of aryl methyl sites for hydroxylation is 1. The molecule has 9 nitrogen and oxygen atoms in total. The van der Waals surface area contributed by atoms with Gasteiger partial charge in [-0.1, -0.05) is 12.1 Å². The van der Waals surface area contributed by atoms with E-state index in [4.69, 9.17) is 9.25 Å². The number of amides is 1. The molecule has 1 N–H and O–H groups in total. The number of rotatable bonds is 3. The van der Waals surface area contributed by atoms with Crippen molar-refractivity contribution in [2.24, 2.45) is 5.16 Å². The van der Waals surface area contributed by atoms with Crippen molar-refractivity contribution in [2.45, 2.75) is 33.1 Å². The maximum atomic E-state index is 12.2. The van der Waals surface area contributed by atoms with E-state index >= 15 is 0 Å².